The number of hydrogen-bond donors (Lipinski definition) is 1. The van der Waals surface area contributed by atoms with Gasteiger partial charge in [-0.3, -0.25) is 9.78 Å². The van der Waals surface area contributed by atoms with Gasteiger partial charge in [-0.2, -0.15) is 0 Å². The third-order valence-corrected chi connectivity index (χ3v) is 6.13. The summed E-state index contributed by atoms with van der Waals surface area (Å²) in [5.41, 5.74) is 5.60. The van der Waals surface area contributed by atoms with Gasteiger partial charge >= 0.3 is 0 Å². The van der Waals surface area contributed by atoms with Crippen molar-refractivity contribution in [3.8, 4) is 32.8 Å². The molecule has 0 saturated heterocycles. The van der Waals surface area contributed by atoms with Crippen LogP contribution < -0.4 is 0 Å². The molecule has 5 heteroatoms. The van der Waals surface area contributed by atoms with Gasteiger partial charge in [0.15, 0.2) is 5.78 Å². The van der Waals surface area contributed by atoms with Crippen molar-refractivity contribution in [2.24, 2.45) is 0 Å². The molecule has 0 spiro atoms. The number of rotatable bonds is 4. The second-order valence-corrected chi connectivity index (χ2v) is 8.85. The van der Waals surface area contributed by atoms with E-state index in [-0.39, 0.29) is 31.6 Å². The summed E-state index contributed by atoms with van der Waals surface area (Å²) in [4.78, 5) is 17.2. The average molecular weight is 655 g/mol. The Morgan fingerprint density at radius 2 is 1.51 bits per heavy atom. The molecule has 177 valence electrons. The van der Waals surface area contributed by atoms with Crippen LogP contribution in [-0.2, 0) is 24.9 Å². The molecule has 0 fully saturated rings. The Morgan fingerprint density at radius 1 is 0.857 bits per heavy atom. The normalized spacial score (nSPS) is 10.7. The largest absolute Gasteiger partial charge is 0.512 e. The van der Waals surface area contributed by atoms with E-state index in [0.717, 1.165) is 16.1 Å². The Balaban J connectivity index is 0.000000378. The van der Waals surface area contributed by atoms with Gasteiger partial charge in [-0.1, -0.05) is 72.8 Å². The van der Waals surface area contributed by atoms with Crippen molar-refractivity contribution in [1.82, 2.24) is 4.98 Å². The van der Waals surface area contributed by atoms with Crippen LogP contribution in [0.1, 0.15) is 13.8 Å². The molecule has 5 rings (SSSR count). The van der Waals surface area contributed by atoms with E-state index in [1.165, 1.54) is 46.9 Å². The van der Waals surface area contributed by atoms with E-state index in [4.69, 9.17) is 10.1 Å². The van der Waals surface area contributed by atoms with E-state index in [1.54, 1.807) is 11.3 Å². The monoisotopic (exact) mass is 655 g/mol. The Labute approximate surface area is 223 Å². The third kappa shape index (κ3) is 7.06. The summed E-state index contributed by atoms with van der Waals surface area (Å²) < 4.78 is 0. The number of allylic oxidation sites excluding steroid dienone is 2. The minimum atomic E-state index is -0.125. The number of aromatic nitrogens is 1. The number of carbonyl (C=O) groups is 1. The Morgan fingerprint density at radius 3 is 2.11 bits per heavy atom. The van der Waals surface area contributed by atoms with Gasteiger partial charge in [0.2, 0.25) is 0 Å². The molecule has 0 bridgehead atoms. The van der Waals surface area contributed by atoms with Crippen molar-refractivity contribution in [1.29, 1.82) is 0 Å². The first-order valence-corrected chi connectivity index (χ1v) is 11.7. The summed E-state index contributed by atoms with van der Waals surface area (Å²) in [6, 6.07) is 36.9. The Kier molecular flexibility index (Phi) is 9.27. The molecule has 5 aromatic rings. The molecule has 0 aliphatic heterocycles. The Hall–Kier alpha value is -3.37. The molecule has 0 unspecified atom stereocenters. The number of fused-ring (bicyclic) bond motifs is 1. The zero-order chi connectivity index (χ0) is 23.9. The quantitative estimate of drug-likeness (QED) is 0.121. The molecule has 0 atom stereocenters. The first-order chi connectivity index (χ1) is 16.5. The number of carbonyl (C=O) groups excluding carboxylic acids is 1. The van der Waals surface area contributed by atoms with Crippen molar-refractivity contribution in [2.75, 3.05) is 0 Å². The molecule has 0 aliphatic carbocycles. The number of aliphatic hydroxyl groups is 1. The van der Waals surface area contributed by atoms with Crippen molar-refractivity contribution in [2.45, 2.75) is 13.8 Å². The molecular weight excluding hydrogens is 631 g/mol. The maximum Gasteiger partial charge on any atom is 0.155 e. The number of benzene rings is 3. The fourth-order valence-corrected chi connectivity index (χ4v) is 4.57. The fraction of sp³-hybridized carbons (Fsp3) is 0.0667. The molecule has 0 aliphatic rings. The zero-order valence-corrected chi connectivity index (χ0v) is 22.6. The van der Waals surface area contributed by atoms with Gasteiger partial charge < -0.3 is 5.11 Å². The molecule has 2 aromatic heterocycles. The zero-order valence-electron chi connectivity index (χ0n) is 19.4. The molecule has 3 aromatic carbocycles. The number of hydrogen-bond acceptors (Lipinski definition) is 4. The van der Waals surface area contributed by atoms with E-state index >= 15 is 0 Å². The second kappa shape index (κ2) is 12.4. The summed E-state index contributed by atoms with van der Waals surface area (Å²) >= 11 is 1.73. The minimum absolute atomic E-state index is 0. The SMILES string of the molecule is CC(=O)/C=C(/C)O.[Ir].[c-]1ccc(-c2ccccc2)cc1-c1ccc2cc(-c3ccccc3)sc2n1. The van der Waals surface area contributed by atoms with E-state index < -0.39 is 0 Å². The third-order valence-electron chi connectivity index (χ3n) is 5.04. The van der Waals surface area contributed by atoms with Gasteiger partial charge in [-0.25, -0.2) is 0 Å². The molecule has 3 nitrogen and oxygen atoms in total. The van der Waals surface area contributed by atoms with Crippen LogP contribution in [0.15, 0.2) is 109 Å². The van der Waals surface area contributed by atoms with E-state index in [1.807, 2.05) is 18.2 Å². The molecule has 35 heavy (non-hydrogen) atoms. The van der Waals surface area contributed by atoms with Crippen LogP contribution in [-0.4, -0.2) is 15.9 Å². The maximum atomic E-state index is 10.0. The molecular formula is C30H24IrNO2S-. The van der Waals surface area contributed by atoms with Crippen LogP contribution >= 0.6 is 11.3 Å². The molecule has 0 saturated carbocycles. The van der Waals surface area contributed by atoms with Gasteiger partial charge in [-0.05, 0) is 36.7 Å². The van der Waals surface area contributed by atoms with Gasteiger partial charge in [0.1, 0.15) is 4.83 Å². The number of pyridine rings is 1. The van der Waals surface area contributed by atoms with Crippen molar-refractivity contribution in [3.05, 3.63) is 115 Å². The predicted molar refractivity (Wildman–Crippen MR) is 142 cm³/mol. The first kappa shape index (κ1) is 26.2. The molecule has 0 amide bonds. The van der Waals surface area contributed by atoms with Gasteiger partial charge in [0.25, 0.3) is 0 Å². The van der Waals surface area contributed by atoms with Crippen molar-refractivity contribution < 1.29 is 30.0 Å². The number of aliphatic hydroxyl groups excluding tert-OH is 1. The number of nitrogens with zero attached hydrogens (tertiary/aromatic N) is 1. The van der Waals surface area contributed by atoms with Crippen LogP contribution in [0.4, 0.5) is 0 Å². The Bertz CT molecular complexity index is 1440. The minimum Gasteiger partial charge on any atom is -0.512 e. The number of ketones is 1. The number of thiophene rings is 1. The summed E-state index contributed by atoms with van der Waals surface area (Å²) in [7, 11) is 0. The summed E-state index contributed by atoms with van der Waals surface area (Å²) in [5, 5.41) is 9.55. The standard InChI is InChI=1S/C25H16NS.C5H8O2.Ir/c1-3-8-18(9-4-1)20-12-7-13-21(16-20)23-15-14-22-17-24(27-25(22)26-23)19-10-5-2-6-11-19;1-4(6)3-5(2)7;/h1-12,14-17H;3,6H,1-2H3;/q-1;;/b;4-3-;. The molecule has 2 heterocycles. The second-order valence-electron chi connectivity index (χ2n) is 7.82. The maximum absolute atomic E-state index is 10.0. The van der Waals surface area contributed by atoms with Crippen LogP contribution in [0.5, 0.6) is 0 Å². The van der Waals surface area contributed by atoms with Crippen LogP contribution in [0.25, 0.3) is 43.0 Å². The van der Waals surface area contributed by atoms with E-state index in [9.17, 15) is 4.79 Å². The van der Waals surface area contributed by atoms with Gasteiger partial charge in [0.05, 0.1) is 5.76 Å². The molecule has 1 radical (unpaired) electrons. The average Bonchev–Trinajstić information content (AvgIpc) is 3.28. The van der Waals surface area contributed by atoms with E-state index in [0.29, 0.717) is 0 Å². The topological polar surface area (TPSA) is 50.2 Å². The van der Waals surface area contributed by atoms with Gasteiger partial charge in [-0.15, -0.1) is 46.7 Å². The van der Waals surface area contributed by atoms with E-state index in [2.05, 4.69) is 84.9 Å². The van der Waals surface area contributed by atoms with Crippen molar-refractivity contribution in [3.63, 3.8) is 0 Å². The predicted octanol–water partition coefficient (Wildman–Crippen LogP) is 8.13. The summed E-state index contributed by atoms with van der Waals surface area (Å²) in [5.74, 6) is -0.0625. The van der Waals surface area contributed by atoms with Crippen molar-refractivity contribution >= 4 is 27.3 Å². The van der Waals surface area contributed by atoms with Gasteiger partial charge in [0, 0.05) is 36.4 Å². The molecule has 1 N–H and O–H groups in total. The van der Waals surface area contributed by atoms with Crippen LogP contribution in [0.2, 0.25) is 0 Å². The summed E-state index contributed by atoms with van der Waals surface area (Å²) in [6.45, 7) is 2.85. The smallest absolute Gasteiger partial charge is 0.155 e. The van der Waals surface area contributed by atoms with Crippen LogP contribution in [0, 0.1) is 6.07 Å². The fourth-order valence-electron chi connectivity index (χ4n) is 3.53. The first-order valence-electron chi connectivity index (χ1n) is 10.9. The van der Waals surface area contributed by atoms with Crippen LogP contribution in [0.3, 0.4) is 0 Å². The summed E-state index contributed by atoms with van der Waals surface area (Å²) in [6.07, 6.45) is 1.17.